The second-order valence-electron chi connectivity index (χ2n) is 7.75. The highest BCUT2D eigenvalue weighted by Gasteiger charge is 2.67. The van der Waals surface area contributed by atoms with Crippen molar-refractivity contribution in [3.8, 4) is 0 Å². The summed E-state index contributed by atoms with van der Waals surface area (Å²) < 4.78 is 36.0. The van der Waals surface area contributed by atoms with Crippen molar-refractivity contribution < 1.29 is 28.2 Å². The average molecular weight is 458 g/mol. The first-order chi connectivity index (χ1) is 13.1. The predicted molar refractivity (Wildman–Crippen MR) is 102 cm³/mol. The fraction of sp³-hybridized carbons (Fsp3) is 0.550. The lowest BCUT2D eigenvalue weighted by Gasteiger charge is -2.47. The second kappa shape index (κ2) is 7.54. The molecule has 1 N–H and O–H groups in total. The highest BCUT2D eigenvalue weighted by molar-refractivity contribution is 9.10. The van der Waals surface area contributed by atoms with Gasteiger partial charge in [-0.25, -0.2) is 8.78 Å². The third-order valence-corrected chi connectivity index (χ3v) is 6.55. The summed E-state index contributed by atoms with van der Waals surface area (Å²) in [5, 5.41) is 9.07. The maximum atomic E-state index is 14.9. The number of cyclic esters (lactones) is 1. The Hall–Kier alpha value is -1.83. The molecule has 0 amide bonds. The molecule has 1 aromatic rings. The molecule has 28 heavy (non-hydrogen) atoms. The van der Waals surface area contributed by atoms with E-state index in [0.29, 0.717) is 5.69 Å². The van der Waals surface area contributed by atoms with Crippen LogP contribution in [0.5, 0.6) is 0 Å². The van der Waals surface area contributed by atoms with Crippen molar-refractivity contribution in [2.75, 3.05) is 0 Å². The van der Waals surface area contributed by atoms with Crippen LogP contribution in [0.15, 0.2) is 28.9 Å². The number of carboxylic acid groups (broad SMARTS) is 1. The van der Waals surface area contributed by atoms with Gasteiger partial charge in [-0.2, -0.15) is 0 Å². The summed E-state index contributed by atoms with van der Waals surface area (Å²) in [4.78, 5) is 27.9. The zero-order valence-corrected chi connectivity index (χ0v) is 17.2. The molecule has 5 nitrogen and oxygen atoms in total. The maximum Gasteiger partial charge on any atom is 0.313 e. The SMILES string of the molecule is C[C@H]1OC(=O)[C@]2(CCC(=O)O)CC(F)(F)[C@@H](C)[C@H](C=Cc3ccc(Br)cn3)[C@H]12. The number of esters is 1. The van der Waals surface area contributed by atoms with Crippen LogP contribution in [-0.2, 0) is 14.3 Å². The van der Waals surface area contributed by atoms with Gasteiger partial charge in [0.2, 0.25) is 0 Å². The molecule has 1 aliphatic carbocycles. The maximum absolute atomic E-state index is 14.9. The Morgan fingerprint density at radius 3 is 2.75 bits per heavy atom. The molecule has 1 saturated heterocycles. The van der Waals surface area contributed by atoms with Gasteiger partial charge in [0, 0.05) is 35.3 Å². The van der Waals surface area contributed by atoms with Gasteiger partial charge in [0.15, 0.2) is 0 Å². The molecule has 0 bridgehead atoms. The van der Waals surface area contributed by atoms with Gasteiger partial charge in [-0.05, 0) is 53.4 Å². The van der Waals surface area contributed by atoms with E-state index in [4.69, 9.17) is 9.84 Å². The minimum absolute atomic E-state index is 0.153. The Morgan fingerprint density at radius 1 is 1.43 bits per heavy atom. The number of pyridine rings is 1. The number of aliphatic carboxylic acids is 1. The lowest BCUT2D eigenvalue weighted by atomic mass is 9.55. The molecule has 1 saturated carbocycles. The van der Waals surface area contributed by atoms with E-state index in [9.17, 15) is 18.4 Å². The molecule has 2 heterocycles. The lowest BCUT2D eigenvalue weighted by molar-refractivity contribution is -0.173. The van der Waals surface area contributed by atoms with Crippen molar-refractivity contribution in [3.63, 3.8) is 0 Å². The van der Waals surface area contributed by atoms with Crippen molar-refractivity contribution in [2.45, 2.75) is 45.1 Å². The van der Waals surface area contributed by atoms with E-state index in [-0.39, 0.29) is 12.8 Å². The molecule has 3 rings (SSSR count). The number of carbonyl (C=O) groups excluding carboxylic acids is 1. The van der Waals surface area contributed by atoms with Gasteiger partial charge in [0.25, 0.3) is 5.92 Å². The number of rotatable bonds is 5. The minimum Gasteiger partial charge on any atom is -0.481 e. The molecule has 8 heteroatoms. The van der Waals surface area contributed by atoms with Gasteiger partial charge in [0.1, 0.15) is 6.10 Å². The Balaban J connectivity index is 2.00. The first-order valence-electron chi connectivity index (χ1n) is 9.17. The van der Waals surface area contributed by atoms with Crippen LogP contribution in [-0.4, -0.2) is 34.1 Å². The second-order valence-corrected chi connectivity index (χ2v) is 8.67. The number of allylic oxidation sites excluding steroid dienone is 1. The van der Waals surface area contributed by atoms with Gasteiger partial charge in [-0.1, -0.05) is 13.0 Å². The number of nitrogens with zero attached hydrogens (tertiary/aromatic N) is 1. The minimum atomic E-state index is -3.11. The number of carboxylic acids is 1. The van der Waals surface area contributed by atoms with Gasteiger partial charge < -0.3 is 9.84 Å². The van der Waals surface area contributed by atoms with E-state index in [2.05, 4.69) is 20.9 Å². The number of hydrogen-bond acceptors (Lipinski definition) is 4. The molecule has 0 radical (unpaired) electrons. The Morgan fingerprint density at radius 2 is 2.14 bits per heavy atom. The summed E-state index contributed by atoms with van der Waals surface area (Å²) in [5.74, 6) is -7.11. The Bertz CT molecular complexity index is 798. The van der Waals surface area contributed by atoms with Crippen LogP contribution >= 0.6 is 15.9 Å². The summed E-state index contributed by atoms with van der Waals surface area (Å²) in [6, 6.07) is 3.55. The quantitative estimate of drug-likeness (QED) is 0.655. The summed E-state index contributed by atoms with van der Waals surface area (Å²) >= 11 is 3.30. The molecule has 0 aromatic carbocycles. The van der Waals surface area contributed by atoms with Crippen molar-refractivity contribution in [1.29, 1.82) is 0 Å². The van der Waals surface area contributed by atoms with Crippen LogP contribution in [0.2, 0.25) is 0 Å². The number of ether oxygens (including phenoxy) is 1. The van der Waals surface area contributed by atoms with Crippen molar-refractivity contribution in [2.24, 2.45) is 23.2 Å². The van der Waals surface area contributed by atoms with E-state index in [0.717, 1.165) is 4.47 Å². The van der Waals surface area contributed by atoms with Gasteiger partial charge in [-0.3, -0.25) is 14.6 Å². The molecule has 1 aromatic heterocycles. The number of hydrogen-bond donors (Lipinski definition) is 1. The predicted octanol–water partition coefficient (Wildman–Crippen LogP) is 4.56. The normalized spacial score (nSPS) is 34.2. The van der Waals surface area contributed by atoms with Crippen LogP contribution in [0.25, 0.3) is 6.08 Å². The fourth-order valence-corrected chi connectivity index (χ4v) is 4.89. The van der Waals surface area contributed by atoms with E-state index >= 15 is 0 Å². The van der Waals surface area contributed by atoms with Crippen molar-refractivity contribution in [1.82, 2.24) is 4.98 Å². The average Bonchev–Trinajstić information content (AvgIpc) is 2.85. The Kier molecular flexibility index (Phi) is 5.62. The summed E-state index contributed by atoms with van der Waals surface area (Å²) in [6.07, 6.45) is 3.21. The number of aromatic nitrogens is 1. The van der Waals surface area contributed by atoms with Crippen LogP contribution < -0.4 is 0 Å². The number of carbonyl (C=O) groups is 2. The van der Waals surface area contributed by atoms with Crippen LogP contribution in [0.3, 0.4) is 0 Å². The molecule has 152 valence electrons. The highest BCUT2D eigenvalue weighted by Crippen LogP contribution is 2.61. The van der Waals surface area contributed by atoms with Gasteiger partial charge in [-0.15, -0.1) is 0 Å². The molecule has 0 spiro atoms. The fourth-order valence-electron chi connectivity index (χ4n) is 4.66. The standard InChI is InChI=1S/C20H22BrF2NO4/c1-11-15(6-5-14-4-3-13(21)9-24-14)17-12(2)28-18(27)19(17,8-7-16(25)26)10-20(11,22)23/h3-6,9,11-12,15,17H,7-8,10H2,1-2H3,(H,25,26)/t11-,12+,15-,17-,19+/m0/s1. The zero-order valence-electron chi connectivity index (χ0n) is 15.6. The Labute approximate surface area is 170 Å². The van der Waals surface area contributed by atoms with Gasteiger partial charge in [0.05, 0.1) is 11.1 Å². The number of fused-ring (bicyclic) bond motifs is 1. The molecule has 5 atom stereocenters. The van der Waals surface area contributed by atoms with Crippen molar-refractivity contribution >= 4 is 33.9 Å². The summed E-state index contributed by atoms with van der Waals surface area (Å²) in [7, 11) is 0. The zero-order chi connectivity index (χ0) is 20.7. The highest BCUT2D eigenvalue weighted by atomic mass is 79.9. The van der Waals surface area contributed by atoms with E-state index < -0.39 is 53.6 Å². The van der Waals surface area contributed by atoms with E-state index in [1.54, 1.807) is 37.4 Å². The third kappa shape index (κ3) is 3.71. The first-order valence-corrected chi connectivity index (χ1v) is 9.96. The molecular formula is C20H22BrF2NO4. The largest absolute Gasteiger partial charge is 0.481 e. The van der Waals surface area contributed by atoms with Crippen LogP contribution in [0.4, 0.5) is 8.78 Å². The van der Waals surface area contributed by atoms with E-state index in [1.807, 2.05) is 0 Å². The molecule has 2 fully saturated rings. The van der Waals surface area contributed by atoms with Crippen LogP contribution in [0.1, 0.15) is 38.8 Å². The lowest BCUT2D eigenvalue weighted by Crippen LogP contribution is -2.53. The molecule has 1 aliphatic heterocycles. The number of alkyl halides is 2. The van der Waals surface area contributed by atoms with E-state index in [1.165, 1.54) is 6.92 Å². The molecule has 0 unspecified atom stereocenters. The summed E-state index contributed by atoms with van der Waals surface area (Å²) in [5.41, 5.74) is -0.881. The molecule has 2 aliphatic rings. The monoisotopic (exact) mass is 457 g/mol. The smallest absolute Gasteiger partial charge is 0.313 e. The molecular weight excluding hydrogens is 436 g/mol. The number of halogens is 3. The third-order valence-electron chi connectivity index (χ3n) is 6.08. The summed E-state index contributed by atoms with van der Waals surface area (Å²) in [6.45, 7) is 3.17. The van der Waals surface area contributed by atoms with Crippen LogP contribution in [0, 0.1) is 23.2 Å². The first kappa shape index (κ1) is 20.9. The van der Waals surface area contributed by atoms with Gasteiger partial charge >= 0.3 is 11.9 Å². The van der Waals surface area contributed by atoms with Crippen molar-refractivity contribution in [3.05, 3.63) is 34.6 Å². The topological polar surface area (TPSA) is 76.5 Å².